The van der Waals surface area contributed by atoms with E-state index in [2.05, 4.69) is 45.0 Å². The van der Waals surface area contributed by atoms with Crippen LogP contribution >= 0.6 is 0 Å². The molecule has 2 bridgehead atoms. The van der Waals surface area contributed by atoms with Crippen LogP contribution in [0.4, 0.5) is 0 Å². The highest BCUT2D eigenvalue weighted by atomic mass is 16.6. The van der Waals surface area contributed by atoms with Crippen LogP contribution in [0.25, 0.3) is 0 Å². The lowest BCUT2D eigenvalue weighted by Crippen LogP contribution is -2.40. The lowest BCUT2D eigenvalue weighted by atomic mass is 9.62. The zero-order chi connectivity index (χ0) is 19.0. The van der Waals surface area contributed by atoms with Crippen molar-refractivity contribution < 1.29 is 14.3 Å². The van der Waals surface area contributed by atoms with Crippen molar-refractivity contribution >= 4 is 11.9 Å². The van der Waals surface area contributed by atoms with Gasteiger partial charge in [0.05, 0.1) is 11.8 Å². The van der Waals surface area contributed by atoms with Crippen LogP contribution in [-0.4, -0.2) is 11.9 Å². The molecule has 1 aliphatic heterocycles. The second-order valence-corrected chi connectivity index (χ2v) is 8.31. The van der Waals surface area contributed by atoms with Gasteiger partial charge in [0.2, 0.25) is 0 Å². The number of benzene rings is 2. The Bertz CT molecular complexity index is 991. The summed E-state index contributed by atoms with van der Waals surface area (Å²) in [5.74, 6) is -1.60. The average Bonchev–Trinajstić information content (AvgIpc) is 3.19. The molecule has 27 heavy (non-hydrogen) atoms. The molecule has 2 aromatic rings. The second-order valence-electron chi connectivity index (χ2n) is 8.31. The molecule has 0 aromatic heterocycles. The molecular weight excluding hydrogens is 336 g/mol. The van der Waals surface area contributed by atoms with E-state index in [4.69, 9.17) is 4.74 Å². The highest BCUT2D eigenvalue weighted by Crippen LogP contribution is 2.77. The molecule has 1 saturated carbocycles. The second kappa shape index (κ2) is 5.19. The number of hydrogen-bond acceptors (Lipinski definition) is 3. The van der Waals surface area contributed by atoms with E-state index in [1.54, 1.807) is 0 Å². The first kappa shape index (κ1) is 16.5. The van der Waals surface area contributed by atoms with Crippen LogP contribution in [0.15, 0.2) is 71.8 Å². The third-order valence-electron chi connectivity index (χ3n) is 7.61. The normalized spacial score (nSPS) is 36.9. The SMILES string of the molecule is CC1=C(C)[C@]2(c3ccccc3)[C@H](c3ccccc3)[C@@]1(C)[C@@H]1C(=O)OC(=O)[C@@H]12. The lowest BCUT2D eigenvalue weighted by Gasteiger charge is -2.39. The Morgan fingerprint density at radius 2 is 1.33 bits per heavy atom. The molecule has 5 atom stereocenters. The summed E-state index contributed by atoms with van der Waals surface area (Å²) in [6, 6.07) is 20.5. The fourth-order valence-electron chi connectivity index (χ4n) is 6.52. The zero-order valence-electron chi connectivity index (χ0n) is 15.7. The highest BCUT2D eigenvalue weighted by Gasteiger charge is 2.78. The molecule has 136 valence electrons. The molecule has 3 heteroatoms. The molecule has 2 aliphatic carbocycles. The first-order chi connectivity index (χ1) is 12.9. The summed E-state index contributed by atoms with van der Waals surface area (Å²) >= 11 is 0. The van der Waals surface area contributed by atoms with E-state index in [0.29, 0.717) is 0 Å². The Morgan fingerprint density at radius 3 is 1.96 bits per heavy atom. The molecule has 5 rings (SSSR count). The number of carbonyl (C=O) groups is 2. The summed E-state index contributed by atoms with van der Waals surface area (Å²) in [6.45, 7) is 6.41. The Hall–Kier alpha value is -2.68. The number of rotatable bonds is 2. The van der Waals surface area contributed by atoms with Gasteiger partial charge in [0.15, 0.2) is 0 Å². The lowest BCUT2D eigenvalue weighted by molar-refractivity contribution is -0.155. The van der Waals surface area contributed by atoms with Crippen LogP contribution in [0.3, 0.4) is 0 Å². The van der Waals surface area contributed by atoms with Crippen LogP contribution in [0.5, 0.6) is 0 Å². The van der Waals surface area contributed by atoms with Gasteiger partial charge in [-0.15, -0.1) is 0 Å². The predicted octanol–water partition coefficient (Wildman–Crippen LogP) is 4.39. The topological polar surface area (TPSA) is 43.4 Å². The van der Waals surface area contributed by atoms with Gasteiger partial charge >= 0.3 is 11.9 Å². The van der Waals surface area contributed by atoms with Crippen LogP contribution in [0.2, 0.25) is 0 Å². The number of allylic oxidation sites excluding steroid dienone is 2. The molecule has 0 unspecified atom stereocenters. The van der Waals surface area contributed by atoms with Gasteiger partial charge in [-0.05, 0) is 25.0 Å². The Kier molecular flexibility index (Phi) is 3.17. The van der Waals surface area contributed by atoms with Crippen molar-refractivity contribution in [3.63, 3.8) is 0 Å². The summed E-state index contributed by atoms with van der Waals surface area (Å²) in [7, 11) is 0. The van der Waals surface area contributed by atoms with Gasteiger partial charge in [-0.3, -0.25) is 9.59 Å². The minimum Gasteiger partial charge on any atom is -0.393 e. The van der Waals surface area contributed by atoms with E-state index >= 15 is 0 Å². The monoisotopic (exact) mass is 358 g/mol. The van der Waals surface area contributed by atoms with Crippen LogP contribution < -0.4 is 0 Å². The van der Waals surface area contributed by atoms with Crippen LogP contribution in [0.1, 0.15) is 37.8 Å². The molecule has 1 saturated heterocycles. The first-order valence-electron chi connectivity index (χ1n) is 9.49. The van der Waals surface area contributed by atoms with Crippen molar-refractivity contribution in [2.45, 2.75) is 32.1 Å². The van der Waals surface area contributed by atoms with Crippen molar-refractivity contribution in [3.8, 4) is 0 Å². The number of hydrogen-bond donors (Lipinski definition) is 0. The Labute approximate surface area is 159 Å². The van der Waals surface area contributed by atoms with Gasteiger partial charge < -0.3 is 4.74 Å². The van der Waals surface area contributed by atoms with Gasteiger partial charge in [-0.25, -0.2) is 0 Å². The van der Waals surface area contributed by atoms with E-state index < -0.39 is 22.7 Å². The van der Waals surface area contributed by atoms with Crippen molar-refractivity contribution in [2.75, 3.05) is 0 Å². The van der Waals surface area contributed by atoms with Crippen molar-refractivity contribution in [2.24, 2.45) is 17.3 Å². The predicted molar refractivity (Wildman–Crippen MR) is 102 cm³/mol. The molecule has 2 fully saturated rings. The summed E-state index contributed by atoms with van der Waals surface area (Å²) in [5.41, 5.74) is 3.71. The van der Waals surface area contributed by atoms with E-state index in [1.165, 1.54) is 16.7 Å². The Balaban J connectivity index is 1.90. The molecule has 0 radical (unpaired) electrons. The number of cyclic esters (lactones) is 2. The maximum atomic E-state index is 12.9. The molecule has 3 aliphatic rings. The molecule has 0 N–H and O–H groups in total. The fourth-order valence-corrected chi connectivity index (χ4v) is 6.52. The van der Waals surface area contributed by atoms with E-state index in [9.17, 15) is 9.59 Å². The first-order valence-corrected chi connectivity index (χ1v) is 9.49. The average molecular weight is 358 g/mol. The standard InChI is InChI=1S/C24H22O3/c1-14-15(2)24(17-12-8-5-9-13-17)19-18(21(25)27-22(19)26)23(14,3)20(24)16-10-6-4-7-11-16/h4-13,18-20H,1-3H3/t18-,19+,20+,23+,24+/m0/s1. The van der Waals surface area contributed by atoms with Gasteiger partial charge in [-0.1, -0.05) is 78.7 Å². The van der Waals surface area contributed by atoms with Gasteiger partial charge in [0.25, 0.3) is 0 Å². The van der Waals surface area contributed by atoms with E-state index in [1.807, 2.05) is 36.4 Å². The molecule has 2 aromatic carbocycles. The third-order valence-corrected chi connectivity index (χ3v) is 7.61. The van der Waals surface area contributed by atoms with E-state index in [0.717, 1.165) is 5.56 Å². The minimum absolute atomic E-state index is 0.0281. The van der Waals surface area contributed by atoms with E-state index in [-0.39, 0.29) is 17.9 Å². The fraction of sp³-hybridized carbons (Fsp3) is 0.333. The smallest absolute Gasteiger partial charge is 0.318 e. The third kappa shape index (κ3) is 1.68. The number of carbonyl (C=O) groups excluding carboxylic acids is 2. The summed E-state index contributed by atoms with van der Waals surface area (Å²) in [5, 5.41) is 0. The zero-order valence-corrected chi connectivity index (χ0v) is 15.7. The summed E-state index contributed by atoms with van der Waals surface area (Å²) in [4.78, 5) is 25.7. The van der Waals surface area contributed by atoms with Crippen LogP contribution in [-0.2, 0) is 19.7 Å². The summed E-state index contributed by atoms with van der Waals surface area (Å²) < 4.78 is 5.20. The highest BCUT2D eigenvalue weighted by molar-refractivity contribution is 6.01. The largest absolute Gasteiger partial charge is 0.393 e. The van der Waals surface area contributed by atoms with Gasteiger partial charge in [-0.2, -0.15) is 0 Å². The molecule has 0 amide bonds. The number of fused-ring (bicyclic) bond motifs is 5. The van der Waals surface area contributed by atoms with Crippen molar-refractivity contribution in [1.82, 2.24) is 0 Å². The van der Waals surface area contributed by atoms with Crippen molar-refractivity contribution in [1.29, 1.82) is 0 Å². The van der Waals surface area contributed by atoms with Crippen LogP contribution in [0, 0.1) is 17.3 Å². The van der Waals surface area contributed by atoms with Gasteiger partial charge in [0, 0.05) is 16.7 Å². The maximum Gasteiger partial charge on any atom is 0.318 e. The number of esters is 2. The maximum absolute atomic E-state index is 12.9. The van der Waals surface area contributed by atoms with Crippen molar-refractivity contribution in [3.05, 3.63) is 82.9 Å². The minimum atomic E-state index is -0.546. The number of ether oxygens (including phenoxy) is 1. The summed E-state index contributed by atoms with van der Waals surface area (Å²) in [6.07, 6.45) is 0. The molecular formula is C24H22O3. The molecule has 3 nitrogen and oxygen atoms in total. The molecule has 1 heterocycles. The molecule has 0 spiro atoms. The quantitative estimate of drug-likeness (QED) is 0.454. The van der Waals surface area contributed by atoms with Gasteiger partial charge in [0.1, 0.15) is 0 Å². The Morgan fingerprint density at radius 1 is 0.778 bits per heavy atom.